The van der Waals surface area contributed by atoms with Crippen molar-refractivity contribution >= 4 is 5.82 Å². The smallest absolute Gasteiger partial charge is 0.354 e. The van der Waals surface area contributed by atoms with Crippen LogP contribution < -0.4 is 4.90 Å². The molecule has 0 spiro atoms. The molecule has 3 heterocycles. The molecule has 4 nitrogen and oxygen atoms in total. The molecule has 0 amide bonds. The molecule has 2 aromatic rings. The molecule has 24 heavy (non-hydrogen) atoms. The molecule has 128 valence electrons. The Morgan fingerprint density at radius 2 is 1.79 bits per heavy atom. The lowest BCUT2D eigenvalue weighted by Crippen LogP contribution is -2.46. The van der Waals surface area contributed by atoms with Gasteiger partial charge in [0.2, 0.25) is 0 Å². The molecular weight excluding hydrogens is 317 g/mol. The van der Waals surface area contributed by atoms with E-state index in [1.807, 2.05) is 17.2 Å². The third-order valence-electron chi connectivity index (χ3n) is 4.31. The van der Waals surface area contributed by atoms with Crippen molar-refractivity contribution in [3.05, 3.63) is 53.5 Å². The van der Waals surface area contributed by atoms with Crippen LogP contribution >= 0.6 is 0 Å². The van der Waals surface area contributed by atoms with Crippen LogP contribution in [-0.2, 0) is 12.7 Å². The lowest BCUT2D eigenvalue weighted by atomic mass is 10.1. The van der Waals surface area contributed by atoms with Crippen molar-refractivity contribution in [1.29, 1.82) is 0 Å². The van der Waals surface area contributed by atoms with Gasteiger partial charge in [-0.1, -0.05) is 0 Å². The zero-order chi connectivity index (χ0) is 17.2. The molecule has 0 atom stereocenters. The summed E-state index contributed by atoms with van der Waals surface area (Å²) in [5.41, 5.74) is 1.72. The van der Waals surface area contributed by atoms with Gasteiger partial charge in [0.25, 0.3) is 0 Å². The highest BCUT2D eigenvalue weighted by molar-refractivity contribution is 5.40. The molecule has 1 fully saturated rings. The van der Waals surface area contributed by atoms with Crippen LogP contribution in [0.4, 0.5) is 19.0 Å². The topological polar surface area (TPSA) is 32.3 Å². The van der Waals surface area contributed by atoms with Gasteiger partial charge in [0, 0.05) is 51.3 Å². The summed E-state index contributed by atoms with van der Waals surface area (Å²) in [4.78, 5) is 12.5. The number of aryl methyl sites for hydroxylation is 1. The van der Waals surface area contributed by atoms with Crippen LogP contribution in [0.5, 0.6) is 0 Å². The summed E-state index contributed by atoms with van der Waals surface area (Å²) in [6, 6.07) is 4.54. The van der Waals surface area contributed by atoms with Gasteiger partial charge in [-0.2, -0.15) is 13.2 Å². The molecule has 0 aromatic carbocycles. The summed E-state index contributed by atoms with van der Waals surface area (Å²) in [5, 5.41) is 0. The molecule has 0 bridgehead atoms. The highest BCUT2D eigenvalue weighted by Gasteiger charge is 2.31. The van der Waals surface area contributed by atoms with E-state index >= 15 is 0 Å². The summed E-state index contributed by atoms with van der Waals surface area (Å²) in [6.07, 6.45) is 0.235. The number of aromatic nitrogens is 2. The molecule has 1 aliphatic rings. The minimum absolute atomic E-state index is 0.597. The highest BCUT2D eigenvalue weighted by Crippen LogP contribution is 2.29. The maximum Gasteiger partial charge on any atom is 0.417 e. The second-order valence-electron chi connectivity index (χ2n) is 5.97. The molecule has 2 aromatic heterocycles. The van der Waals surface area contributed by atoms with Crippen molar-refractivity contribution in [3.8, 4) is 0 Å². The van der Waals surface area contributed by atoms with Gasteiger partial charge in [0.15, 0.2) is 0 Å². The minimum atomic E-state index is -4.34. The van der Waals surface area contributed by atoms with Gasteiger partial charge < -0.3 is 4.90 Å². The molecule has 7 heteroatoms. The zero-order valence-electron chi connectivity index (χ0n) is 13.4. The van der Waals surface area contributed by atoms with Crippen molar-refractivity contribution in [1.82, 2.24) is 14.9 Å². The molecular formula is C17H19F3N4. The van der Waals surface area contributed by atoms with Crippen LogP contribution in [0.2, 0.25) is 0 Å². The summed E-state index contributed by atoms with van der Waals surface area (Å²) < 4.78 is 37.8. The Hall–Kier alpha value is -2.15. The number of halogens is 3. The number of anilines is 1. The maximum absolute atomic E-state index is 12.6. The quantitative estimate of drug-likeness (QED) is 0.862. The summed E-state index contributed by atoms with van der Waals surface area (Å²) in [5.74, 6) is 0.597. The van der Waals surface area contributed by atoms with Crippen LogP contribution in [0.3, 0.4) is 0 Å². The van der Waals surface area contributed by atoms with Gasteiger partial charge in [-0.05, 0) is 36.2 Å². The van der Waals surface area contributed by atoms with E-state index in [9.17, 15) is 13.2 Å². The van der Waals surface area contributed by atoms with Crippen LogP contribution in [0.15, 0.2) is 36.8 Å². The molecule has 3 rings (SSSR count). The number of alkyl halides is 3. The van der Waals surface area contributed by atoms with Gasteiger partial charge in [-0.25, -0.2) is 4.98 Å². The Balaban J connectivity index is 1.58. The van der Waals surface area contributed by atoms with Crippen LogP contribution in [0, 0.1) is 6.92 Å². The first-order valence-corrected chi connectivity index (χ1v) is 7.83. The third kappa shape index (κ3) is 3.84. The summed E-state index contributed by atoms with van der Waals surface area (Å²) in [6.45, 7) is 6.09. The second-order valence-corrected chi connectivity index (χ2v) is 5.97. The number of piperazine rings is 1. The van der Waals surface area contributed by atoms with Gasteiger partial charge in [0.05, 0.1) is 5.56 Å². The molecule has 0 saturated carbocycles. The van der Waals surface area contributed by atoms with Gasteiger partial charge in [0.1, 0.15) is 5.82 Å². The predicted octanol–water partition coefficient (Wildman–Crippen LogP) is 3.13. The third-order valence-corrected chi connectivity index (χ3v) is 4.31. The SMILES string of the molecule is Cc1ccncc1CN1CCN(c2ccc(C(F)(F)F)cn2)CC1. The lowest BCUT2D eigenvalue weighted by Gasteiger charge is -2.35. The van der Waals surface area contributed by atoms with E-state index in [0.717, 1.165) is 45.0 Å². The fourth-order valence-corrected chi connectivity index (χ4v) is 2.78. The number of hydrogen-bond acceptors (Lipinski definition) is 4. The first-order valence-electron chi connectivity index (χ1n) is 7.83. The minimum Gasteiger partial charge on any atom is -0.354 e. The Morgan fingerprint density at radius 1 is 1.04 bits per heavy atom. The van der Waals surface area contributed by atoms with Crippen molar-refractivity contribution in [3.63, 3.8) is 0 Å². The van der Waals surface area contributed by atoms with Crippen molar-refractivity contribution in [2.24, 2.45) is 0 Å². The van der Waals surface area contributed by atoms with E-state index in [1.165, 1.54) is 17.2 Å². The van der Waals surface area contributed by atoms with Crippen molar-refractivity contribution in [2.45, 2.75) is 19.6 Å². The van der Waals surface area contributed by atoms with E-state index in [-0.39, 0.29) is 0 Å². The molecule has 0 radical (unpaired) electrons. The maximum atomic E-state index is 12.6. The number of nitrogens with zero attached hydrogens (tertiary/aromatic N) is 4. The van der Waals surface area contributed by atoms with Crippen molar-refractivity contribution < 1.29 is 13.2 Å². The van der Waals surface area contributed by atoms with Crippen LogP contribution in [0.25, 0.3) is 0 Å². The second kappa shape index (κ2) is 6.76. The first kappa shape index (κ1) is 16.7. The summed E-state index contributed by atoms with van der Waals surface area (Å²) >= 11 is 0. The van der Waals surface area contributed by atoms with E-state index in [2.05, 4.69) is 21.8 Å². The van der Waals surface area contributed by atoms with Gasteiger partial charge >= 0.3 is 6.18 Å². The molecule has 1 saturated heterocycles. The Kier molecular flexibility index (Phi) is 4.71. The Labute approximate surface area is 138 Å². The van der Waals surface area contributed by atoms with E-state index in [0.29, 0.717) is 5.82 Å². The highest BCUT2D eigenvalue weighted by atomic mass is 19.4. The zero-order valence-corrected chi connectivity index (χ0v) is 13.4. The molecule has 0 unspecified atom stereocenters. The van der Waals surface area contributed by atoms with Gasteiger partial charge in [-0.15, -0.1) is 0 Å². The number of rotatable bonds is 3. The predicted molar refractivity (Wildman–Crippen MR) is 85.7 cm³/mol. The normalized spacial score (nSPS) is 16.4. The van der Waals surface area contributed by atoms with Crippen molar-refractivity contribution in [2.75, 3.05) is 31.1 Å². The summed E-state index contributed by atoms with van der Waals surface area (Å²) in [7, 11) is 0. The fourth-order valence-electron chi connectivity index (χ4n) is 2.78. The fraction of sp³-hybridized carbons (Fsp3) is 0.412. The molecule has 0 N–H and O–H groups in total. The monoisotopic (exact) mass is 336 g/mol. The first-order chi connectivity index (χ1) is 11.4. The van der Waals surface area contributed by atoms with Crippen LogP contribution in [0.1, 0.15) is 16.7 Å². The van der Waals surface area contributed by atoms with E-state index in [1.54, 1.807) is 6.20 Å². The molecule has 1 aliphatic heterocycles. The Morgan fingerprint density at radius 3 is 2.38 bits per heavy atom. The van der Waals surface area contributed by atoms with Crippen LogP contribution in [-0.4, -0.2) is 41.0 Å². The largest absolute Gasteiger partial charge is 0.417 e. The number of pyridine rings is 2. The average Bonchev–Trinajstić information content (AvgIpc) is 2.57. The van der Waals surface area contributed by atoms with E-state index < -0.39 is 11.7 Å². The van der Waals surface area contributed by atoms with E-state index in [4.69, 9.17) is 0 Å². The Bertz CT molecular complexity index is 677. The molecule has 0 aliphatic carbocycles. The van der Waals surface area contributed by atoms with Gasteiger partial charge in [-0.3, -0.25) is 9.88 Å². The average molecular weight is 336 g/mol. The lowest BCUT2D eigenvalue weighted by molar-refractivity contribution is -0.137. The standard InChI is InChI=1S/C17H19F3N4/c1-13-4-5-21-10-14(13)12-23-6-8-24(9-7-23)16-3-2-15(11-22-16)17(18,19)20/h2-5,10-11H,6-9,12H2,1H3. The number of hydrogen-bond donors (Lipinski definition) is 0.